The van der Waals surface area contributed by atoms with E-state index in [1.54, 1.807) is 12.2 Å². The molecule has 0 unspecified atom stereocenters. The van der Waals surface area contributed by atoms with Crippen LogP contribution in [0, 0.1) is 0 Å². The minimum Gasteiger partial charge on any atom is -0.486 e. The highest BCUT2D eigenvalue weighted by Gasteiger charge is 2.29. The Morgan fingerprint density at radius 2 is 1.60 bits per heavy atom. The lowest BCUT2D eigenvalue weighted by atomic mass is 10.1. The van der Waals surface area contributed by atoms with E-state index in [1.165, 1.54) is 12.1 Å². The van der Waals surface area contributed by atoms with Gasteiger partial charge in [0.25, 0.3) is 0 Å². The summed E-state index contributed by atoms with van der Waals surface area (Å²) in [5, 5.41) is 0. The molecule has 0 amide bonds. The Labute approximate surface area is 174 Å². The van der Waals surface area contributed by atoms with E-state index in [-0.39, 0.29) is 0 Å². The van der Waals surface area contributed by atoms with Crippen LogP contribution in [0.25, 0.3) is 6.08 Å². The molecule has 0 saturated heterocycles. The van der Waals surface area contributed by atoms with Crippen molar-refractivity contribution in [1.82, 2.24) is 4.90 Å². The molecule has 0 N–H and O–H groups in total. The standard InChI is InChI=1S/C24H24F3NO2/c1-28(18-20-10-13-22-23(17-20)30-16-15-29-22)14-6-4-2-3-5-7-19-8-11-21(12-9-19)24(25,26)27/h2-13,17H,14-16,18H2,1H3/b3-2+,6-4+,7-5+. The van der Waals surface area contributed by atoms with Gasteiger partial charge in [-0.3, -0.25) is 4.90 Å². The largest absolute Gasteiger partial charge is 0.486 e. The summed E-state index contributed by atoms with van der Waals surface area (Å²) < 4.78 is 48.8. The topological polar surface area (TPSA) is 21.7 Å². The molecule has 0 atom stereocenters. The van der Waals surface area contributed by atoms with E-state index in [1.807, 2.05) is 49.6 Å². The monoisotopic (exact) mass is 415 g/mol. The minimum atomic E-state index is -4.30. The minimum absolute atomic E-state index is 0.578. The van der Waals surface area contributed by atoms with Crippen molar-refractivity contribution in [2.45, 2.75) is 12.7 Å². The van der Waals surface area contributed by atoms with E-state index in [0.717, 1.165) is 47.8 Å². The molecule has 0 spiro atoms. The van der Waals surface area contributed by atoms with Gasteiger partial charge in [-0.1, -0.05) is 54.7 Å². The molecule has 2 aromatic rings. The summed E-state index contributed by atoms with van der Waals surface area (Å²) in [6, 6.07) is 11.1. The Morgan fingerprint density at radius 1 is 0.900 bits per heavy atom. The van der Waals surface area contributed by atoms with Gasteiger partial charge in [0.1, 0.15) is 13.2 Å². The predicted molar refractivity (Wildman–Crippen MR) is 113 cm³/mol. The van der Waals surface area contributed by atoms with Crippen molar-refractivity contribution in [2.75, 3.05) is 26.8 Å². The van der Waals surface area contributed by atoms with E-state index in [2.05, 4.69) is 4.90 Å². The zero-order valence-electron chi connectivity index (χ0n) is 16.7. The van der Waals surface area contributed by atoms with E-state index in [4.69, 9.17) is 9.47 Å². The number of nitrogens with zero attached hydrogens (tertiary/aromatic N) is 1. The number of fused-ring (bicyclic) bond motifs is 1. The van der Waals surface area contributed by atoms with Crippen LogP contribution in [0.15, 0.2) is 72.8 Å². The Kier molecular flexibility index (Phi) is 7.36. The van der Waals surface area contributed by atoms with Crippen molar-refractivity contribution < 1.29 is 22.6 Å². The molecule has 0 bridgehead atoms. The van der Waals surface area contributed by atoms with Gasteiger partial charge in [0.05, 0.1) is 5.56 Å². The summed E-state index contributed by atoms with van der Waals surface area (Å²) in [7, 11) is 2.04. The van der Waals surface area contributed by atoms with Gasteiger partial charge in [-0.15, -0.1) is 0 Å². The Hall–Kier alpha value is -2.99. The Bertz CT molecular complexity index is 915. The smallest absolute Gasteiger partial charge is 0.416 e. The van der Waals surface area contributed by atoms with Crippen LogP contribution in [-0.4, -0.2) is 31.7 Å². The molecule has 0 fully saturated rings. The predicted octanol–water partition coefficient (Wildman–Crippen LogP) is 5.73. The lowest BCUT2D eigenvalue weighted by molar-refractivity contribution is -0.137. The maximum Gasteiger partial charge on any atom is 0.416 e. The van der Waals surface area contributed by atoms with Crippen molar-refractivity contribution in [2.24, 2.45) is 0 Å². The molecule has 30 heavy (non-hydrogen) atoms. The molecule has 0 aliphatic carbocycles. The van der Waals surface area contributed by atoms with Gasteiger partial charge in [0, 0.05) is 13.1 Å². The normalized spacial score (nSPS) is 14.4. The second-order valence-corrected chi connectivity index (χ2v) is 6.97. The van der Waals surface area contributed by atoms with Gasteiger partial charge in [-0.2, -0.15) is 13.2 Å². The first kappa shape index (κ1) is 21.7. The van der Waals surface area contributed by atoms with Crippen molar-refractivity contribution in [3.63, 3.8) is 0 Å². The number of hydrogen-bond donors (Lipinski definition) is 0. The van der Waals surface area contributed by atoms with Crippen molar-refractivity contribution in [3.05, 3.63) is 89.5 Å². The number of rotatable bonds is 7. The molecule has 0 aromatic heterocycles. The van der Waals surface area contributed by atoms with E-state index in [9.17, 15) is 13.2 Å². The number of benzene rings is 2. The van der Waals surface area contributed by atoms with E-state index in [0.29, 0.717) is 13.2 Å². The fourth-order valence-electron chi connectivity index (χ4n) is 2.96. The molecule has 1 aliphatic heterocycles. The first-order valence-electron chi connectivity index (χ1n) is 9.66. The summed E-state index contributed by atoms with van der Waals surface area (Å²) in [4.78, 5) is 2.17. The maximum absolute atomic E-state index is 12.5. The number of hydrogen-bond acceptors (Lipinski definition) is 3. The zero-order valence-corrected chi connectivity index (χ0v) is 16.7. The molecule has 0 saturated carbocycles. The maximum atomic E-state index is 12.5. The summed E-state index contributed by atoms with van der Waals surface area (Å²) in [5.41, 5.74) is 1.24. The highest BCUT2D eigenvalue weighted by Crippen LogP contribution is 2.31. The summed E-state index contributed by atoms with van der Waals surface area (Å²) in [6.07, 6.45) is 6.97. The first-order valence-corrected chi connectivity index (χ1v) is 9.66. The van der Waals surface area contributed by atoms with Crippen molar-refractivity contribution in [3.8, 4) is 11.5 Å². The van der Waals surface area contributed by atoms with Gasteiger partial charge >= 0.3 is 6.18 Å². The number of likely N-dealkylation sites (N-methyl/N-ethyl adjacent to an activating group) is 1. The quantitative estimate of drug-likeness (QED) is 0.539. The third-order valence-corrected chi connectivity index (χ3v) is 4.47. The third-order valence-electron chi connectivity index (χ3n) is 4.47. The zero-order chi connectivity index (χ0) is 21.4. The summed E-state index contributed by atoms with van der Waals surface area (Å²) >= 11 is 0. The molecule has 1 heterocycles. The molecular formula is C24H24F3NO2. The molecule has 6 heteroatoms. The molecular weight excluding hydrogens is 391 g/mol. The highest BCUT2D eigenvalue weighted by molar-refractivity contribution is 5.51. The SMILES string of the molecule is CN(C/C=C/C=C/C=C/c1ccc(C(F)(F)F)cc1)Cc1ccc2c(c1)OCCO2. The molecule has 3 nitrogen and oxygen atoms in total. The molecule has 1 aliphatic rings. The van der Waals surface area contributed by atoms with Crippen LogP contribution in [0.2, 0.25) is 0 Å². The average molecular weight is 415 g/mol. The number of alkyl halides is 3. The Morgan fingerprint density at radius 3 is 2.33 bits per heavy atom. The first-order chi connectivity index (χ1) is 14.4. The lowest BCUT2D eigenvalue weighted by Crippen LogP contribution is -2.19. The number of ether oxygens (including phenoxy) is 2. The molecule has 2 aromatic carbocycles. The van der Waals surface area contributed by atoms with E-state index < -0.39 is 11.7 Å². The lowest BCUT2D eigenvalue weighted by Gasteiger charge is -2.20. The summed E-state index contributed by atoms with van der Waals surface area (Å²) in [5.74, 6) is 1.59. The van der Waals surface area contributed by atoms with Crippen LogP contribution in [0.4, 0.5) is 13.2 Å². The average Bonchev–Trinajstić information content (AvgIpc) is 2.72. The van der Waals surface area contributed by atoms with Gasteiger partial charge in [-0.25, -0.2) is 0 Å². The number of allylic oxidation sites excluding steroid dienone is 4. The summed E-state index contributed by atoms with van der Waals surface area (Å²) in [6.45, 7) is 2.73. The van der Waals surface area contributed by atoms with Crippen LogP contribution in [-0.2, 0) is 12.7 Å². The highest BCUT2D eigenvalue weighted by atomic mass is 19.4. The van der Waals surface area contributed by atoms with Crippen LogP contribution < -0.4 is 9.47 Å². The van der Waals surface area contributed by atoms with Gasteiger partial charge in [0.2, 0.25) is 0 Å². The van der Waals surface area contributed by atoms with E-state index >= 15 is 0 Å². The van der Waals surface area contributed by atoms with Crippen molar-refractivity contribution in [1.29, 1.82) is 0 Å². The van der Waals surface area contributed by atoms with Gasteiger partial charge < -0.3 is 9.47 Å². The third kappa shape index (κ3) is 6.52. The van der Waals surface area contributed by atoms with Gasteiger partial charge in [-0.05, 0) is 42.4 Å². The van der Waals surface area contributed by atoms with Crippen LogP contribution in [0.1, 0.15) is 16.7 Å². The second kappa shape index (κ2) is 10.2. The fourth-order valence-corrected chi connectivity index (χ4v) is 2.96. The van der Waals surface area contributed by atoms with Crippen LogP contribution in [0.3, 0.4) is 0 Å². The number of halogens is 3. The van der Waals surface area contributed by atoms with Crippen LogP contribution >= 0.6 is 0 Å². The van der Waals surface area contributed by atoms with Crippen molar-refractivity contribution >= 4 is 6.08 Å². The second-order valence-electron chi connectivity index (χ2n) is 6.97. The Balaban J connectivity index is 1.42. The van der Waals surface area contributed by atoms with Gasteiger partial charge in [0.15, 0.2) is 11.5 Å². The molecule has 158 valence electrons. The van der Waals surface area contributed by atoms with Crippen LogP contribution in [0.5, 0.6) is 11.5 Å². The molecule has 3 rings (SSSR count). The fraction of sp³-hybridized carbons (Fsp3) is 0.250. The molecule has 0 radical (unpaired) electrons.